The van der Waals surface area contributed by atoms with Crippen LogP contribution in [0.1, 0.15) is 19.8 Å². The first-order valence-corrected chi connectivity index (χ1v) is 7.79. The van der Waals surface area contributed by atoms with Gasteiger partial charge in [-0.1, -0.05) is 12.8 Å². The van der Waals surface area contributed by atoms with E-state index in [9.17, 15) is 8.42 Å². The molecule has 18 heavy (non-hydrogen) atoms. The van der Waals surface area contributed by atoms with E-state index in [1.165, 1.54) is 4.31 Å². The van der Waals surface area contributed by atoms with E-state index in [1.807, 2.05) is 14.0 Å². The molecule has 1 aliphatic rings. The third kappa shape index (κ3) is 3.69. The average molecular weight is 273 g/mol. The summed E-state index contributed by atoms with van der Waals surface area (Å²) in [5.41, 5.74) is 0. The van der Waals surface area contributed by atoms with Gasteiger partial charge in [-0.15, -0.1) is 6.42 Å². The number of hydrogen-bond donors (Lipinski definition) is 1. The van der Waals surface area contributed by atoms with Crippen LogP contribution < -0.4 is 5.32 Å². The normalized spacial score (nSPS) is 22.0. The highest BCUT2D eigenvalue weighted by atomic mass is 32.2. The van der Waals surface area contributed by atoms with Crippen LogP contribution in [0.25, 0.3) is 0 Å². The zero-order valence-corrected chi connectivity index (χ0v) is 12.0. The molecule has 0 aliphatic carbocycles. The maximum Gasteiger partial charge on any atom is 0.282 e. The molecule has 0 bridgehead atoms. The molecule has 1 heterocycles. The minimum atomic E-state index is -3.39. The van der Waals surface area contributed by atoms with E-state index in [1.54, 1.807) is 4.31 Å². The third-order valence-corrected chi connectivity index (χ3v) is 5.27. The Morgan fingerprint density at radius 1 is 1.56 bits per heavy atom. The summed E-state index contributed by atoms with van der Waals surface area (Å²) >= 11 is 0. The first-order chi connectivity index (χ1) is 8.56. The van der Waals surface area contributed by atoms with Gasteiger partial charge in [-0.2, -0.15) is 17.0 Å². The molecule has 0 aromatic rings. The lowest BCUT2D eigenvalue weighted by molar-refractivity contribution is 0.248. The van der Waals surface area contributed by atoms with E-state index >= 15 is 0 Å². The molecule has 1 atom stereocenters. The van der Waals surface area contributed by atoms with Crippen molar-refractivity contribution < 1.29 is 8.42 Å². The number of piperidine rings is 1. The van der Waals surface area contributed by atoms with Crippen molar-refractivity contribution in [2.45, 2.75) is 19.8 Å². The second-order valence-corrected chi connectivity index (χ2v) is 6.49. The Morgan fingerprint density at radius 2 is 2.28 bits per heavy atom. The van der Waals surface area contributed by atoms with Crippen LogP contribution in [0, 0.1) is 18.3 Å². The topological polar surface area (TPSA) is 52.7 Å². The van der Waals surface area contributed by atoms with Gasteiger partial charge in [-0.3, -0.25) is 0 Å². The largest absolute Gasteiger partial charge is 0.319 e. The van der Waals surface area contributed by atoms with Crippen molar-refractivity contribution in [1.29, 1.82) is 0 Å². The predicted octanol–water partition coefficient (Wildman–Crippen LogP) is 0.118. The molecule has 5 nitrogen and oxygen atoms in total. The van der Waals surface area contributed by atoms with Gasteiger partial charge in [0.1, 0.15) is 0 Å². The van der Waals surface area contributed by atoms with Crippen LogP contribution in [-0.2, 0) is 10.2 Å². The van der Waals surface area contributed by atoms with Gasteiger partial charge in [-0.25, -0.2) is 0 Å². The Balaban J connectivity index is 2.75. The summed E-state index contributed by atoms with van der Waals surface area (Å²) in [6.07, 6.45) is 7.21. The summed E-state index contributed by atoms with van der Waals surface area (Å²) in [4.78, 5) is 0. The molecule has 6 heteroatoms. The minimum absolute atomic E-state index is 0.145. The van der Waals surface area contributed by atoms with Crippen LogP contribution in [0.5, 0.6) is 0 Å². The summed E-state index contributed by atoms with van der Waals surface area (Å²) < 4.78 is 27.7. The standard InChI is InChI=1S/C12H23N3O2S/c1-4-8-14(5-2)18(16,17)15-9-6-7-12(11-15)10-13-3/h1,12-13H,5-11H2,2-3H3. The highest BCUT2D eigenvalue weighted by Gasteiger charge is 2.32. The fourth-order valence-corrected chi connectivity index (χ4v) is 3.96. The summed E-state index contributed by atoms with van der Waals surface area (Å²) in [5, 5.41) is 3.11. The molecular formula is C12H23N3O2S. The molecule has 1 unspecified atom stereocenters. The monoisotopic (exact) mass is 273 g/mol. The van der Waals surface area contributed by atoms with Crippen molar-refractivity contribution in [3.8, 4) is 12.3 Å². The fourth-order valence-electron chi connectivity index (χ4n) is 2.31. The summed E-state index contributed by atoms with van der Waals surface area (Å²) in [6.45, 7) is 4.41. The van der Waals surface area contributed by atoms with Gasteiger partial charge in [0.15, 0.2) is 0 Å². The smallest absolute Gasteiger partial charge is 0.282 e. The van der Waals surface area contributed by atoms with E-state index < -0.39 is 10.2 Å². The number of terminal acetylenes is 1. The molecule has 0 aromatic carbocycles. The van der Waals surface area contributed by atoms with Gasteiger partial charge >= 0.3 is 0 Å². The quantitative estimate of drug-likeness (QED) is 0.699. The van der Waals surface area contributed by atoms with Gasteiger partial charge in [0.2, 0.25) is 0 Å². The number of hydrogen-bond acceptors (Lipinski definition) is 3. The lowest BCUT2D eigenvalue weighted by Gasteiger charge is -2.34. The molecule has 1 aliphatic heterocycles. The number of nitrogens with zero attached hydrogens (tertiary/aromatic N) is 2. The van der Waals surface area contributed by atoms with E-state index in [0.29, 0.717) is 25.6 Å². The third-order valence-electron chi connectivity index (χ3n) is 3.25. The fraction of sp³-hybridized carbons (Fsp3) is 0.833. The molecular weight excluding hydrogens is 250 g/mol. The molecule has 104 valence electrons. The van der Waals surface area contributed by atoms with Crippen molar-refractivity contribution in [1.82, 2.24) is 13.9 Å². The van der Waals surface area contributed by atoms with Crippen LogP contribution in [0.4, 0.5) is 0 Å². The van der Waals surface area contributed by atoms with Crippen LogP contribution in [0.15, 0.2) is 0 Å². The van der Waals surface area contributed by atoms with E-state index in [2.05, 4.69) is 11.2 Å². The molecule has 1 fully saturated rings. The number of rotatable bonds is 6. The average Bonchev–Trinajstić information content (AvgIpc) is 2.36. The Morgan fingerprint density at radius 3 is 2.83 bits per heavy atom. The molecule has 0 radical (unpaired) electrons. The lowest BCUT2D eigenvalue weighted by atomic mass is 10.00. The van der Waals surface area contributed by atoms with Gasteiger partial charge in [0.05, 0.1) is 6.54 Å². The van der Waals surface area contributed by atoms with Crippen molar-refractivity contribution in [3.05, 3.63) is 0 Å². The maximum atomic E-state index is 12.4. The van der Waals surface area contributed by atoms with E-state index in [4.69, 9.17) is 6.42 Å². The van der Waals surface area contributed by atoms with Crippen molar-refractivity contribution >= 4 is 10.2 Å². The molecule has 1 saturated heterocycles. The molecule has 0 spiro atoms. The zero-order chi connectivity index (χ0) is 13.6. The highest BCUT2D eigenvalue weighted by molar-refractivity contribution is 7.86. The van der Waals surface area contributed by atoms with Crippen LogP contribution in [0.3, 0.4) is 0 Å². The van der Waals surface area contributed by atoms with Crippen molar-refractivity contribution in [2.24, 2.45) is 5.92 Å². The number of nitrogens with one attached hydrogen (secondary N) is 1. The molecule has 1 N–H and O–H groups in total. The van der Waals surface area contributed by atoms with E-state index in [0.717, 1.165) is 19.4 Å². The van der Waals surface area contributed by atoms with Gasteiger partial charge < -0.3 is 5.32 Å². The first kappa shape index (κ1) is 15.4. The lowest BCUT2D eigenvalue weighted by Crippen LogP contribution is -2.49. The Kier molecular flexibility index (Phi) is 6.09. The van der Waals surface area contributed by atoms with Crippen molar-refractivity contribution in [2.75, 3.05) is 39.8 Å². The molecule has 0 saturated carbocycles. The zero-order valence-electron chi connectivity index (χ0n) is 11.2. The minimum Gasteiger partial charge on any atom is -0.319 e. The van der Waals surface area contributed by atoms with Crippen molar-refractivity contribution in [3.63, 3.8) is 0 Å². The maximum absolute atomic E-state index is 12.4. The SMILES string of the molecule is C#CCN(CC)S(=O)(=O)N1CCCC(CNC)C1. The van der Waals surface area contributed by atoms with E-state index in [-0.39, 0.29) is 6.54 Å². The second kappa shape index (κ2) is 7.10. The highest BCUT2D eigenvalue weighted by Crippen LogP contribution is 2.20. The molecule has 0 aromatic heterocycles. The predicted molar refractivity (Wildman–Crippen MR) is 73.2 cm³/mol. The van der Waals surface area contributed by atoms with Gasteiger partial charge in [0, 0.05) is 19.6 Å². The van der Waals surface area contributed by atoms with Gasteiger partial charge in [-0.05, 0) is 32.4 Å². The summed E-state index contributed by atoms with van der Waals surface area (Å²) in [5.74, 6) is 2.80. The van der Waals surface area contributed by atoms with Crippen LogP contribution >= 0.6 is 0 Å². The second-order valence-electron chi connectivity index (χ2n) is 4.56. The van der Waals surface area contributed by atoms with Crippen LogP contribution in [-0.4, -0.2) is 56.8 Å². The summed E-state index contributed by atoms with van der Waals surface area (Å²) in [6, 6.07) is 0. The summed E-state index contributed by atoms with van der Waals surface area (Å²) in [7, 11) is -1.50. The van der Waals surface area contributed by atoms with Gasteiger partial charge in [0.25, 0.3) is 10.2 Å². The molecule has 0 amide bonds. The Hall–Kier alpha value is -0.610. The molecule has 1 rings (SSSR count). The Labute approximate surface area is 111 Å². The Bertz CT molecular complexity index is 387. The van der Waals surface area contributed by atoms with Crippen LogP contribution in [0.2, 0.25) is 0 Å². The first-order valence-electron chi connectivity index (χ1n) is 6.39.